The van der Waals surface area contributed by atoms with Crippen LogP contribution in [0.3, 0.4) is 0 Å². The second kappa shape index (κ2) is 7.81. The lowest BCUT2D eigenvalue weighted by Gasteiger charge is -2.20. The zero-order valence-electron chi connectivity index (χ0n) is 13.3. The van der Waals surface area contributed by atoms with Gasteiger partial charge in [0.25, 0.3) is 0 Å². The summed E-state index contributed by atoms with van der Waals surface area (Å²) in [6, 6.07) is 7.69. The lowest BCUT2D eigenvalue weighted by molar-refractivity contribution is -0.394. The molecule has 0 saturated heterocycles. The van der Waals surface area contributed by atoms with E-state index in [1.165, 1.54) is 6.21 Å². The summed E-state index contributed by atoms with van der Waals surface area (Å²) in [6.45, 7) is 6.01. The maximum atomic E-state index is 11.7. The number of nitrogens with one attached hydrogen (secondary N) is 2. The third kappa shape index (κ3) is 4.12. The van der Waals surface area contributed by atoms with E-state index in [0.717, 1.165) is 24.3 Å². The van der Waals surface area contributed by atoms with E-state index in [1.807, 2.05) is 29.4 Å². The van der Waals surface area contributed by atoms with Crippen LogP contribution < -0.4 is 10.3 Å². The summed E-state index contributed by atoms with van der Waals surface area (Å²) in [5, 5.41) is 19.7. The second-order valence-electron chi connectivity index (χ2n) is 4.70. The predicted octanol–water partition coefficient (Wildman–Crippen LogP) is 1.32. The Labute approximate surface area is 137 Å². The molecule has 24 heavy (non-hydrogen) atoms. The molecule has 1 heterocycles. The standard InChI is InChI=1S/C14H17N7O3/c1-3-20(4-2)11-7-5-10(6-8-11)9-15-18-13(22)12-16-14(19-17-12)21(23)24/h5-9H,3-4H2,1-2H3,(H,18,22)(H,16,17,19)/b15-9+. The lowest BCUT2D eigenvalue weighted by Crippen LogP contribution is -2.21. The molecule has 0 aliphatic heterocycles. The molecule has 0 bridgehead atoms. The molecule has 126 valence electrons. The average molecular weight is 331 g/mol. The van der Waals surface area contributed by atoms with E-state index in [-0.39, 0.29) is 5.82 Å². The van der Waals surface area contributed by atoms with Gasteiger partial charge in [-0.2, -0.15) is 5.10 Å². The van der Waals surface area contributed by atoms with Crippen molar-refractivity contribution < 1.29 is 9.72 Å². The zero-order valence-corrected chi connectivity index (χ0v) is 13.3. The zero-order chi connectivity index (χ0) is 17.5. The van der Waals surface area contributed by atoms with Crippen LogP contribution in [0.4, 0.5) is 11.6 Å². The van der Waals surface area contributed by atoms with Crippen LogP contribution in [0.1, 0.15) is 30.0 Å². The van der Waals surface area contributed by atoms with Crippen molar-refractivity contribution in [3.8, 4) is 0 Å². The molecule has 2 rings (SSSR count). The van der Waals surface area contributed by atoms with Crippen molar-refractivity contribution in [2.24, 2.45) is 5.10 Å². The highest BCUT2D eigenvalue weighted by Crippen LogP contribution is 2.13. The van der Waals surface area contributed by atoms with Crippen LogP contribution in [-0.2, 0) is 0 Å². The van der Waals surface area contributed by atoms with Crippen LogP contribution in [0.5, 0.6) is 0 Å². The van der Waals surface area contributed by atoms with Gasteiger partial charge in [-0.3, -0.25) is 4.79 Å². The monoisotopic (exact) mass is 331 g/mol. The molecular formula is C14H17N7O3. The molecule has 0 fully saturated rings. The lowest BCUT2D eigenvalue weighted by atomic mass is 10.2. The molecule has 0 aliphatic carbocycles. The van der Waals surface area contributed by atoms with Crippen molar-refractivity contribution in [2.75, 3.05) is 18.0 Å². The van der Waals surface area contributed by atoms with Crippen molar-refractivity contribution >= 4 is 23.8 Å². The third-order valence-electron chi connectivity index (χ3n) is 3.25. The molecule has 0 spiro atoms. The fourth-order valence-electron chi connectivity index (χ4n) is 2.01. The largest absolute Gasteiger partial charge is 0.454 e. The molecule has 10 nitrogen and oxygen atoms in total. The van der Waals surface area contributed by atoms with E-state index < -0.39 is 16.8 Å². The van der Waals surface area contributed by atoms with Crippen LogP contribution in [0.15, 0.2) is 29.4 Å². The van der Waals surface area contributed by atoms with Crippen molar-refractivity contribution in [2.45, 2.75) is 13.8 Å². The maximum absolute atomic E-state index is 11.7. The van der Waals surface area contributed by atoms with Gasteiger partial charge >= 0.3 is 17.7 Å². The Morgan fingerprint density at radius 3 is 2.58 bits per heavy atom. The minimum absolute atomic E-state index is 0.351. The van der Waals surface area contributed by atoms with Crippen LogP contribution in [0.25, 0.3) is 0 Å². The minimum atomic E-state index is -0.773. The Balaban J connectivity index is 1.95. The summed E-state index contributed by atoms with van der Waals surface area (Å²) in [4.78, 5) is 27.0. The number of nitrogens with zero attached hydrogens (tertiary/aromatic N) is 5. The Bertz CT molecular complexity index is 735. The molecule has 1 amide bonds. The molecule has 0 saturated carbocycles. The highest BCUT2D eigenvalue weighted by molar-refractivity contribution is 5.91. The van der Waals surface area contributed by atoms with Crippen molar-refractivity contribution in [3.05, 3.63) is 45.8 Å². The first kappa shape index (κ1) is 17.1. The summed E-state index contributed by atoms with van der Waals surface area (Å²) < 4.78 is 0. The Hall–Kier alpha value is -3.30. The number of anilines is 1. The first-order valence-corrected chi connectivity index (χ1v) is 7.30. The van der Waals surface area contributed by atoms with Crippen LogP contribution in [-0.4, -0.2) is 45.3 Å². The fourth-order valence-corrected chi connectivity index (χ4v) is 2.01. The first-order valence-electron chi connectivity index (χ1n) is 7.30. The topological polar surface area (TPSA) is 129 Å². The molecular weight excluding hydrogens is 314 g/mol. The van der Waals surface area contributed by atoms with E-state index in [2.05, 4.69) is 39.4 Å². The summed E-state index contributed by atoms with van der Waals surface area (Å²) in [5.41, 5.74) is 4.12. The Kier molecular flexibility index (Phi) is 5.55. The van der Waals surface area contributed by atoms with Gasteiger partial charge in [-0.15, -0.1) is 5.10 Å². The number of benzene rings is 1. The van der Waals surface area contributed by atoms with E-state index >= 15 is 0 Å². The van der Waals surface area contributed by atoms with Crippen molar-refractivity contribution in [1.82, 2.24) is 20.6 Å². The van der Waals surface area contributed by atoms with Gasteiger partial charge in [-0.05, 0) is 41.5 Å². The number of aromatic amines is 1. The fraction of sp³-hybridized carbons (Fsp3) is 0.286. The number of rotatable bonds is 7. The van der Waals surface area contributed by atoms with E-state index in [4.69, 9.17) is 0 Å². The number of aromatic nitrogens is 3. The number of hydrogen-bond acceptors (Lipinski definition) is 7. The number of hydrogen-bond donors (Lipinski definition) is 2. The van der Waals surface area contributed by atoms with Gasteiger partial charge in [0.1, 0.15) is 0 Å². The highest BCUT2D eigenvalue weighted by atomic mass is 16.6. The Morgan fingerprint density at radius 1 is 1.38 bits per heavy atom. The molecule has 2 aromatic rings. The maximum Gasteiger partial charge on any atom is 0.454 e. The van der Waals surface area contributed by atoms with Crippen LogP contribution >= 0.6 is 0 Å². The molecule has 1 aromatic heterocycles. The molecule has 0 unspecified atom stereocenters. The molecule has 1 aromatic carbocycles. The van der Waals surface area contributed by atoms with Crippen LogP contribution in [0.2, 0.25) is 0 Å². The van der Waals surface area contributed by atoms with Crippen molar-refractivity contribution in [1.29, 1.82) is 0 Å². The molecule has 2 N–H and O–H groups in total. The number of H-pyrrole nitrogens is 1. The quantitative estimate of drug-likeness (QED) is 0.447. The summed E-state index contributed by atoms with van der Waals surface area (Å²) in [7, 11) is 0. The van der Waals surface area contributed by atoms with Gasteiger partial charge in [0.15, 0.2) is 0 Å². The average Bonchev–Trinajstić information content (AvgIpc) is 3.08. The molecule has 10 heteroatoms. The normalized spacial score (nSPS) is 10.8. The highest BCUT2D eigenvalue weighted by Gasteiger charge is 2.20. The molecule has 0 aliphatic rings. The number of hydrazone groups is 1. The van der Waals surface area contributed by atoms with Crippen molar-refractivity contribution in [3.63, 3.8) is 0 Å². The van der Waals surface area contributed by atoms with E-state index in [1.54, 1.807) is 0 Å². The SMILES string of the molecule is CCN(CC)c1ccc(/C=N/NC(=O)c2n[nH]c([N+](=O)[O-])n2)cc1. The summed E-state index contributed by atoms with van der Waals surface area (Å²) in [5.74, 6) is -1.69. The Morgan fingerprint density at radius 2 is 2.04 bits per heavy atom. The van der Waals surface area contributed by atoms with Crippen LogP contribution in [0, 0.1) is 10.1 Å². The minimum Gasteiger partial charge on any atom is -0.390 e. The predicted molar refractivity (Wildman–Crippen MR) is 88.1 cm³/mol. The summed E-state index contributed by atoms with van der Waals surface area (Å²) >= 11 is 0. The van der Waals surface area contributed by atoms with Gasteiger partial charge in [-0.1, -0.05) is 17.2 Å². The molecule has 0 radical (unpaired) electrons. The number of carbonyl (C=O) groups excluding carboxylic acids is 1. The summed E-state index contributed by atoms with van der Waals surface area (Å²) in [6.07, 6.45) is 1.46. The molecule has 0 atom stereocenters. The van der Waals surface area contributed by atoms with Gasteiger partial charge in [0, 0.05) is 18.8 Å². The van der Waals surface area contributed by atoms with Gasteiger partial charge in [-0.25, -0.2) is 5.43 Å². The van der Waals surface area contributed by atoms with Gasteiger partial charge in [0.2, 0.25) is 0 Å². The van der Waals surface area contributed by atoms with E-state index in [9.17, 15) is 14.9 Å². The number of nitro groups is 1. The van der Waals surface area contributed by atoms with Gasteiger partial charge < -0.3 is 15.0 Å². The third-order valence-corrected chi connectivity index (χ3v) is 3.25. The van der Waals surface area contributed by atoms with Gasteiger partial charge in [0.05, 0.1) is 6.21 Å². The first-order chi connectivity index (χ1) is 11.5. The van der Waals surface area contributed by atoms with E-state index in [0.29, 0.717) is 0 Å². The number of carbonyl (C=O) groups is 1. The second-order valence-corrected chi connectivity index (χ2v) is 4.70. The number of amides is 1. The smallest absolute Gasteiger partial charge is 0.390 e.